The van der Waals surface area contributed by atoms with Crippen LogP contribution in [0.1, 0.15) is 117 Å². The third-order valence-corrected chi connectivity index (χ3v) is 8.28. The number of esters is 1. The Morgan fingerprint density at radius 2 is 1.14 bits per heavy atom. The lowest BCUT2D eigenvalue weighted by Crippen LogP contribution is -2.37. The molecule has 0 aliphatic heterocycles. The van der Waals surface area contributed by atoms with Crippen molar-refractivity contribution < 1.29 is 37.3 Å². The van der Waals surface area contributed by atoms with Crippen LogP contribution in [0.5, 0.6) is 0 Å². The largest absolute Gasteiger partial charge is 0.472 e. The molecule has 0 aromatic heterocycles. The Morgan fingerprint density at radius 1 is 0.653 bits per heavy atom. The van der Waals surface area contributed by atoms with Gasteiger partial charge in [0.05, 0.1) is 34.4 Å². The second-order valence-corrected chi connectivity index (χ2v) is 14.7. The molecule has 0 fully saturated rings. The molecule has 2 atom stereocenters. The number of phosphoric ester groups is 1. The molecule has 0 aromatic carbocycles. The van der Waals surface area contributed by atoms with Gasteiger partial charge in [0.15, 0.2) is 0 Å². The Morgan fingerprint density at radius 3 is 1.65 bits per heavy atom. The quantitative estimate of drug-likeness (QED) is 0.0239. The van der Waals surface area contributed by atoms with Gasteiger partial charge >= 0.3 is 13.8 Å². The van der Waals surface area contributed by atoms with Crippen LogP contribution in [-0.4, -0.2) is 75.6 Å². The summed E-state index contributed by atoms with van der Waals surface area (Å²) in [6.45, 7) is 5.34. The number of phosphoric acid groups is 1. The fraction of sp³-hybridized carbons (Fsp3) is 0.675. The van der Waals surface area contributed by atoms with E-state index in [-0.39, 0.29) is 26.2 Å². The maximum atomic E-state index is 12.6. The number of carbonyl (C=O) groups excluding carboxylic acids is 1. The van der Waals surface area contributed by atoms with E-state index >= 15 is 0 Å². The van der Waals surface area contributed by atoms with Crippen molar-refractivity contribution in [2.45, 2.75) is 123 Å². The SMILES string of the molecule is CC/C=C\C/C=C\C/C=C\C/C=C\C/C=C\C/C=C\CCC(=O)OC(COCCCCCCCCCC)COP(=O)(O)OCC[N+](C)(C)C. The molecule has 0 spiro atoms. The van der Waals surface area contributed by atoms with Crippen LogP contribution in [0.3, 0.4) is 0 Å². The molecule has 2 unspecified atom stereocenters. The molecule has 1 N–H and O–H groups in total. The maximum Gasteiger partial charge on any atom is 0.472 e. The number of hydrogen-bond donors (Lipinski definition) is 1. The van der Waals surface area contributed by atoms with Crippen molar-refractivity contribution in [1.29, 1.82) is 0 Å². The predicted octanol–water partition coefficient (Wildman–Crippen LogP) is 10.4. The van der Waals surface area contributed by atoms with Crippen LogP contribution < -0.4 is 0 Å². The van der Waals surface area contributed by atoms with Crippen molar-refractivity contribution in [3.05, 3.63) is 72.9 Å². The van der Waals surface area contributed by atoms with Crippen molar-refractivity contribution in [3.8, 4) is 0 Å². The Balaban J connectivity index is 4.43. The average Bonchev–Trinajstić information content (AvgIpc) is 3.04. The fourth-order valence-corrected chi connectivity index (χ4v) is 5.14. The van der Waals surface area contributed by atoms with Crippen LogP contribution in [0.15, 0.2) is 72.9 Å². The van der Waals surface area contributed by atoms with Crippen molar-refractivity contribution in [2.24, 2.45) is 0 Å². The van der Waals surface area contributed by atoms with Gasteiger partial charge in [-0.05, 0) is 51.4 Å². The summed E-state index contributed by atoms with van der Waals surface area (Å²) in [5.41, 5.74) is 0. The number of hydrogen-bond acceptors (Lipinski definition) is 6. The summed E-state index contributed by atoms with van der Waals surface area (Å²) >= 11 is 0. The molecule has 8 nitrogen and oxygen atoms in total. The normalized spacial score (nSPS) is 14.8. The fourth-order valence-electron chi connectivity index (χ4n) is 4.40. The predicted molar refractivity (Wildman–Crippen MR) is 205 cm³/mol. The zero-order chi connectivity index (χ0) is 36.3. The lowest BCUT2D eigenvalue weighted by molar-refractivity contribution is -0.870. The first kappa shape index (κ1) is 46.9. The van der Waals surface area contributed by atoms with Gasteiger partial charge in [-0.2, -0.15) is 0 Å². The Bertz CT molecular complexity index is 1010. The zero-order valence-corrected chi connectivity index (χ0v) is 32.5. The van der Waals surface area contributed by atoms with Gasteiger partial charge in [0.2, 0.25) is 0 Å². The summed E-state index contributed by atoms with van der Waals surface area (Å²) in [4.78, 5) is 22.7. The van der Waals surface area contributed by atoms with Crippen molar-refractivity contribution in [2.75, 3.05) is 54.1 Å². The van der Waals surface area contributed by atoms with Crippen LogP contribution in [0.4, 0.5) is 0 Å². The molecule has 0 heterocycles. The van der Waals surface area contributed by atoms with E-state index in [0.717, 1.165) is 51.4 Å². The highest BCUT2D eigenvalue weighted by Crippen LogP contribution is 2.43. The molecule has 0 saturated carbocycles. The molecular formula is C40H71NO7P+. The van der Waals surface area contributed by atoms with E-state index in [1.165, 1.54) is 38.5 Å². The number of allylic oxidation sites excluding steroid dienone is 12. The Kier molecular flexibility index (Phi) is 31.7. The number of rotatable bonds is 33. The summed E-state index contributed by atoms with van der Waals surface area (Å²) in [6, 6.07) is 0. The molecule has 0 radical (unpaired) electrons. The van der Waals surface area contributed by atoms with Crippen LogP contribution >= 0.6 is 7.82 Å². The first-order valence-corrected chi connectivity index (χ1v) is 20.2. The third-order valence-electron chi connectivity index (χ3n) is 7.30. The second kappa shape index (κ2) is 33.1. The number of quaternary nitrogens is 1. The number of unbranched alkanes of at least 4 members (excludes halogenated alkanes) is 7. The van der Waals surface area contributed by atoms with E-state index in [2.05, 4.69) is 74.6 Å². The van der Waals surface area contributed by atoms with Crippen LogP contribution in [-0.2, 0) is 27.9 Å². The van der Waals surface area contributed by atoms with Crippen LogP contribution in [0.25, 0.3) is 0 Å². The molecule has 0 rings (SSSR count). The van der Waals surface area contributed by atoms with Gasteiger partial charge in [-0.25, -0.2) is 4.57 Å². The Hall–Kier alpha value is -2.06. The molecule has 49 heavy (non-hydrogen) atoms. The van der Waals surface area contributed by atoms with Gasteiger partial charge in [-0.1, -0.05) is 132 Å². The molecule has 0 saturated heterocycles. The number of likely N-dealkylation sites (N-methyl/N-ethyl adjacent to an activating group) is 1. The number of nitrogens with zero attached hydrogens (tertiary/aromatic N) is 1. The lowest BCUT2D eigenvalue weighted by atomic mass is 10.1. The summed E-state index contributed by atoms with van der Waals surface area (Å²) in [5.74, 6) is -0.400. The van der Waals surface area contributed by atoms with Gasteiger partial charge in [0.1, 0.15) is 19.3 Å². The molecule has 0 aliphatic rings. The minimum absolute atomic E-state index is 0.0721. The molecular weight excluding hydrogens is 637 g/mol. The van der Waals surface area contributed by atoms with E-state index in [9.17, 15) is 14.3 Å². The van der Waals surface area contributed by atoms with E-state index in [1.54, 1.807) is 0 Å². The van der Waals surface area contributed by atoms with E-state index in [1.807, 2.05) is 33.3 Å². The van der Waals surface area contributed by atoms with Gasteiger partial charge in [0, 0.05) is 13.0 Å². The molecule has 0 aromatic rings. The molecule has 0 amide bonds. The minimum atomic E-state index is -4.28. The van der Waals surface area contributed by atoms with Gasteiger partial charge in [-0.15, -0.1) is 0 Å². The third kappa shape index (κ3) is 37.0. The van der Waals surface area contributed by atoms with E-state index < -0.39 is 19.9 Å². The van der Waals surface area contributed by atoms with Crippen LogP contribution in [0.2, 0.25) is 0 Å². The monoisotopic (exact) mass is 708 g/mol. The number of carbonyl (C=O) groups is 1. The highest BCUT2D eigenvalue weighted by atomic mass is 31.2. The van der Waals surface area contributed by atoms with Crippen molar-refractivity contribution in [1.82, 2.24) is 0 Å². The summed E-state index contributed by atoms with van der Waals surface area (Å²) in [5, 5.41) is 0. The highest BCUT2D eigenvalue weighted by Gasteiger charge is 2.26. The van der Waals surface area contributed by atoms with Crippen LogP contribution in [0, 0.1) is 0 Å². The standard InChI is InChI=1S/C40H70NO7P/c1-6-8-10-12-14-16-17-18-19-20-21-22-23-24-25-26-27-29-31-33-40(42)48-39(37-45-35-32-30-28-15-13-11-9-7-2)38-47-49(43,44)46-36-34-41(3,4)5/h8,10,14,16,18-19,21-22,24-25,27,29,39H,6-7,9,11-13,15,17,20,23,26,28,30-38H2,1-5H3/p+1/b10-8-,16-14-,19-18-,22-21-,25-24-,29-27-. The summed E-state index contributed by atoms with van der Waals surface area (Å²) < 4.78 is 34.6. The summed E-state index contributed by atoms with van der Waals surface area (Å²) in [7, 11) is 1.61. The smallest absolute Gasteiger partial charge is 0.457 e. The van der Waals surface area contributed by atoms with Crippen molar-refractivity contribution in [3.63, 3.8) is 0 Å². The average molecular weight is 709 g/mol. The highest BCUT2D eigenvalue weighted by molar-refractivity contribution is 7.47. The molecule has 0 aliphatic carbocycles. The topological polar surface area (TPSA) is 91.3 Å². The first-order valence-electron chi connectivity index (χ1n) is 18.7. The van der Waals surface area contributed by atoms with Gasteiger partial charge in [-0.3, -0.25) is 13.8 Å². The lowest BCUT2D eigenvalue weighted by Gasteiger charge is -2.24. The maximum absolute atomic E-state index is 12.6. The second-order valence-electron chi connectivity index (χ2n) is 13.2. The minimum Gasteiger partial charge on any atom is -0.457 e. The van der Waals surface area contributed by atoms with Crippen molar-refractivity contribution >= 4 is 13.8 Å². The number of ether oxygens (including phenoxy) is 2. The van der Waals surface area contributed by atoms with Gasteiger partial charge < -0.3 is 18.9 Å². The Labute approximate surface area is 300 Å². The molecule has 0 bridgehead atoms. The first-order chi connectivity index (χ1) is 23.6. The zero-order valence-electron chi connectivity index (χ0n) is 31.6. The van der Waals surface area contributed by atoms with Gasteiger partial charge in [0.25, 0.3) is 0 Å². The van der Waals surface area contributed by atoms with E-state index in [0.29, 0.717) is 24.1 Å². The molecule has 9 heteroatoms. The van der Waals surface area contributed by atoms with E-state index in [4.69, 9.17) is 18.5 Å². The molecule has 282 valence electrons. The summed E-state index contributed by atoms with van der Waals surface area (Å²) in [6.07, 6.45) is 41.0.